The second kappa shape index (κ2) is 7.85. The van der Waals surface area contributed by atoms with E-state index < -0.39 is 10.9 Å². The molecule has 0 atom stereocenters. The lowest BCUT2D eigenvalue weighted by Crippen LogP contribution is -2.08. The van der Waals surface area contributed by atoms with Gasteiger partial charge >= 0.3 is 5.97 Å². The number of methoxy groups -OCH3 is 3. The van der Waals surface area contributed by atoms with E-state index in [9.17, 15) is 14.9 Å². The van der Waals surface area contributed by atoms with E-state index in [1.807, 2.05) is 6.07 Å². The Morgan fingerprint density at radius 2 is 1.77 bits per heavy atom. The quantitative estimate of drug-likeness (QED) is 0.475. The Bertz CT molecular complexity index is 904. The Balaban J connectivity index is 2.60. The number of nitro groups is 1. The maximum atomic E-state index is 12.1. The molecule has 2 aromatic carbocycles. The second-order valence-electron chi connectivity index (χ2n) is 4.97. The molecule has 2 rings (SSSR count). The van der Waals surface area contributed by atoms with Gasteiger partial charge in [-0.05, 0) is 12.1 Å². The highest BCUT2D eigenvalue weighted by atomic mass is 16.6. The molecule has 0 spiro atoms. The number of carbonyl (C=O) groups excluding carboxylic acids is 1. The third kappa shape index (κ3) is 3.64. The van der Waals surface area contributed by atoms with E-state index in [4.69, 9.17) is 19.5 Å². The smallest absolute Gasteiger partial charge is 0.340 e. The molecule has 1 N–H and O–H groups in total. The van der Waals surface area contributed by atoms with Gasteiger partial charge in [-0.1, -0.05) is 0 Å². The third-order valence-electron chi connectivity index (χ3n) is 3.52. The average molecular weight is 357 g/mol. The highest BCUT2D eigenvalue weighted by Gasteiger charge is 2.21. The van der Waals surface area contributed by atoms with E-state index in [0.29, 0.717) is 11.5 Å². The summed E-state index contributed by atoms with van der Waals surface area (Å²) in [6, 6.07) is 8.66. The highest BCUT2D eigenvalue weighted by molar-refractivity contribution is 5.98. The summed E-state index contributed by atoms with van der Waals surface area (Å²) in [5.74, 6) is -0.0449. The van der Waals surface area contributed by atoms with Crippen molar-refractivity contribution in [2.24, 2.45) is 0 Å². The van der Waals surface area contributed by atoms with Crippen LogP contribution in [0, 0.1) is 21.4 Å². The molecule has 0 aliphatic heterocycles. The molecule has 2 aromatic rings. The summed E-state index contributed by atoms with van der Waals surface area (Å²) in [7, 11) is 4.05. The van der Waals surface area contributed by atoms with Crippen LogP contribution in [0.1, 0.15) is 15.9 Å². The minimum Gasteiger partial charge on any atom is -0.493 e. The Hall–Kier alpha value is -3.80. The molecule has 9 nitrogen and oxygen atoms in total. The van der Waals surface area contributed by atoms with Crippen molar-refractivity contribution in [2.75, 3.05) is 26.6 Å². The van der Waals surface area contributed by atoms with Crippen molar-refractivity contribution in [2.45, 2.75) is 0 Å². The molecule has 0 amide bonds. The van der Waals surface area contributed by atoms with Crippen LogP contribution in [0.4, 0.5) is 17.1 Å². The molecular weight excluding hydrogens is 342 g/mol. The normalized spacial score (nSPS) is 9.77. The number of nitrogens with zero attached hydrogens (tertiary/aromatic N) is 2. The molecule has 9 heteroatoms. The number of anilines is 2. The van der Waals surface area contributed by atoms with Gasteiger partial charge in [-0.15, -0.1) is 0 Å². The van der Waals surface area contributed by atoms with Gasteiger partial charge in [-0.3, -0.25) is 10.1 Å². The van der Waals surface area contributed by atoms with E-state index in [-0.39, 0.29) is 28.2 Å². The second-order valence-corrected chi connectivity index (χ2v) is 4.97. The topological polar surface area (TPSA) is 124 Å². The largest absolute Gasteiger partial charge is 0.493 e. The van der Waals surface area contributed by atoms with Crippen molar-refractivity contribution < 1.29 is 23.9 Å². The first kappa shape index (κ1) is 18.5. The fourth-order valence-corrected chi connectivity index (χ4v) is 2.26. The van der Waals surface area contributed by atoms with Crippen molar-refractivity contribution in [3.05, 3.63) is 51.6 Å². The minimum absolute atomic E-state index is 0.101. The fraction of sp³-hybridized carbons (Fsp3) is 0.176. The number of ether oxygens (including phenoxy) is 3. The summed E-state index contributed by atoms with van der Waals surface area (Å²) in [6.45, 7) is 0. The fourth-order valence-electron chi connectivity index (χ4n) is 2.26. The van der Waals surface area contributed by atoms with Gasteiger partial charge in [0.15, 0.2) is 11.5 Å². The van der Waals surface area contributed by atoms with Crippen LogP contribution < -0.4 is 14.8 Å². The Labute approximate surface area is 148 Å². The number of hydrogen-bond donors (Lipinski definition) is 1. The van der Waals surface area contributed by atoms with Gasteiger partial charge < -0.3 is 19.5 Å². The predicted molar refractivity (Wildman–Crippen MR) is 92.0 cm³/mol. The van der Waals surface area contributed by atoms with Gasteiger partial charge in [0, 0.05) is 18.2 Å². The van der Waals surface area contributed by atoms with Crippen LogP contribution in [-0.4, -0.2) is 32.2 Å². The first-order chi connectivity index (χ1) is 12.4. The molecule has 0 saturated carbocycles. The number of nitro benzene ring substituents is 1. The lowest BCUT2D eigenvalue weighted by Gasteiger charge is -2.15. The summed E-state index contributed by atoms with van der Waals surface area (Å²) < 4.78 is 15.1. The van der Waals surface area contributed by atoms with Crippen molar-refractivity contribution >= 4 is 23.0 Å². The summed E-state index contributed by atoms with van der Waals surface area (Å²) >= 11 is 0. The van der Waals surface area contributed by atoms with Gasteiger partial charge in [-0.2, -0.15) is 5.26 Å². The Morgan fingerprint density at radius 3 is 2.31 bits per heavy atom. The maximum Gasteiger partial charge on any atom is 0.340 e. The predicted octanol–water partition coefficient (Wildman–Crippen LogP) is 3.01. The molecule has 26 heavy (non-hydrogen) atoms. The molecule has 0 heterocycles. The molecule has 0 aliphatic carbocycles. The SMILES string of the molecule is COC(=O)c1cc(OC)c(OC)cc1Nc1ccc(C#N)cc1[N+](=O)[O-]. The van der Waals surface area contributed by atoms with E-state index >= 15 is 0 Å². The maximum absolute atomic E-state index is 12.1. The Morgan fingerprint density at radius 1 is 1.12 bits per heavy atom. The number of nitrogens with one attached hydrogen (secondary N) is 1. The summed E-state index contributed by atoms with van der Waals surface area (Å²) in [6.07, 6.45) is 0. The van der Waals surface area contributed by atoms with Crippen LogP contribution in [0.3, 0.4) is 0 Å². The van der Waals surface area contributed by atoms with Gasteiger partial charge in [0.05, 0.1) is 49.1 Å². The number of benzene rings is 2. The van der Waals surface area contributed by atoms with Crippen LogP contribution in [-0.2, 0) is 4.74 Å². The molecule has 134 valence electrons. The van der Waals surface area contributed by atoms with Gasteiger partial charge in [0.25, 0.3) is 5.69 Å². The van der Waals surface area contributed by atoms with Crippen molar-refractivity contribution in [3.8, 4) is 17.6 Å². The molecule has 0 radical (unpaired) electrons. The number of esters is 1. The molecule has 0 unspecified atom stereocenters. The average Bonchev–Trinajstić information content (AvgIpc) is 2.66. The van der Waals surface area contributed by atoms with Crippen LogP contribution in [0.25, 0.3) is 0 Å². The molecular formula is C17H15N3O6. The van der Waals surface area contributed by atoms with Crippen LogP contribution in [0.5, 0.6) is 11.5 Å². The van der Waals surface area contributed by atoms with Gasteiger partial charge in [-0.25, -0.2) is 4.79 Å². The van der Waals surface area contributed by atoms with Gasteiger partial charge in [0.1, 0.15) is 5.69 Å². The summed E-state index contributed by atoms with van der Waals surface area (Å²) in [4.78, 5) is 22.8. The van der Waals surface area contributed by atoms with Crippen molar-refractivity contribution in [3.63, 3.8) is 0 Å². The molecule has 0 aliphatic rings. The number of carbonyl (C=O) groups is 1. The van der Waals surface area contributed by atoms with Crippen LogP contribution >= 0.6 is 0 Å². The minimum atomic E-state index is -0.662. The lowest BCUT2D eigenvalue weighted by molar-refractivity contribution is -0.383. The standard InChI is InChI=1S/C17H15N3O6/c1-24-15-7-11(17(21)26-3)13(8-16(15)25-2)19-12-5-4-10(9-18)6-14(12)20(22)23/h4-8,19H,1-3H3. The summed E-state index contributed by atoms with van der Waals surface area (Å²) in [5, 5.41) is 23.0. The van der Waals surface area contributed by atoms with E-state index in [1.165, 1.54) is 45.6 Å². The monoisotopic (exact) mass is 357 g/mol. The van der Waals surface area contributed by atoms with E-state index in [2.05, 4.69) is 5.32 Å². The summed E-state index contributed by atoms with van der Waals surface area (Å²) in [5.41, 5.74) is 0.259. The van der Waals surface area contributed by atoms with Crippen molar-refractivity contribution in [1.82, 2.24) is 0 Å². The molecule has 0 saturated heterocycles. The first-order valence-corrected chi connectivity index (χ1v) is 7.25. The van der Waals surface area contributed by atoms with Crippen LogP contribution in [0.2, 0.25) is 0 Å². The third-order valence-corrected chi connectivity index (χ3v) is 3.52. The zero-order valence-corrected chi connectivity index (χ0v) is 14.2. The van der Waals surface area contributed by atoms with E-state index in [0.717, 1.165) is 6.07 Å². The number of nitriles is 1. The van der Waals surface area contributed by atoms with Crippen LogP contribution in [0.15, 0.2) is 30.3 Å². The highest BCUT2D eigenvalue weighted by Crippen LogP contribution is 2.37. The molecule has 0 bridgehead atoms. The van der Waals surface area contributed by atoms with Crippen molar-refractivity contribution in [1.29, 1.82) is 5.26 Å². The Kier molecular flexibility index (Phi) is 5.60. The number of rotatable bonds is 6. The lowest BCUT2D eigenvalue weighted by atomic mass is 10.1. The molecule has 0 fully saturated rings. The molecule has 0 aromatic heterocycles. The first-order valence-electron chi connectivity index (χ1n) is 7.25. The zero-order chi connectivity index (χ0) is 19.3. The van der Waals surface area contributed by atoms with E-state index in [1.54, 1.807) is 0 Å². The number of hydrogen-bond acceptors (Lipinski definition) is 8. The zero-order valence-electron chi connectivity index (χ0n) is 14.2. The van der Waals surface area contributed by atoms with Gasteiger partial charge in [0.2, 0.25) is 0 Å².